The quantitative estimate of drug-likeness (QED) is 0.450. The number of cyclic esters (lactones) is 2. The average molecular weight is 330 g/mol. The second-order valence-electron chi connectivity index (χ2n) is 4.96. The molecule has 9 heteroatoms. The van der Waals surface area contributed by atoms with Gasteiger partial charge in [0.25, 0.3) is 0 Å². The molecule has 23 heavy (non-hydrogen) atoms. The summed E-state index contributed by atoms with van der Waals surface area (Å²) < 4.78 is 24.5. The molecule has 0 radical (unpaired) electrons. The summed E-state index contributed by atoms with van der Waals surface area (Å²) in [5, 5.41) is 0. The van der Waals surface area contributed by atoms with Crippen molar-refractivity contribution in [3.8, 4) is 0 Å². The molecule has 2 heterocycles. The van der Waals surface area contributed by atoms with Gasteiger partial charge in [-0.15, -0.1) is 0 Å². The summed E-state index contributed by atoms with van der Waals surface area (Å²) in [5.41, 5.74) is 0. The Kier molecular flexibility index (Phi) is 5.91. The van der Waals surface area contributed by atoms with Gasteiger partial charge in [0.05, 0.1) is 19.6 Å². The van der Waals surface area contributed by atoms with E-state index in [-0.39, 0.29) is 32.7 Å². The molecule has 0 saturated carbocycles. The van der Waals surface area contributed by atoms with Crippen molar-refractivity contribution in [2.24, 2.45) is 0 Å². The van der Waals surface area contributed by atoms with E-state index < -0.39 is 48.6 Å². The van der Waals surface area contributed by atoms with Crippen LogP contribution in [-0.2, 0) is 42.9 Å². The van der Waals surface area contributed by atoms with Crippen molar-refractivity contribution < 1.29 is 42.9 Å². The van der Waals surface area contributed by atoms with Gasteiger partial charge in [0.1, 0.15) is 0 Å². The first-order valence-corrected chi connectivity index (χ1v) is 7.36. The monoisotopic (exact) mass is 330 g/mol. The molecule has 3 unspecified atom stereocenters. The third-order valence-corrected chi connectivity index (χ3v) is 3.29. The Hall–Kier alpha value is -2.16. The summed E-state index contributed by atoms with van der Waals surface area (Å²) >= 11 is 0. The molecule has 0 aromatic rings. The number of hydrogen-bond donors (Lipinski definition) is 0. The second kappa shape index (κ2) is 7.91. The molecule has 0 aromatic heterocycles. The minimum atomic E-state index is -1.21. The molecule has 2 fully saturated rings. The van der Waals surface area contributed by atoms with Gasteiger partial charge < -0.3 is 23.7 Å². The Bertz CT molecular complexity index is 487. The van der Waals surface area contributed by atoms with E-state index in [4.69, 9.17) is 14.2 Å². The topological polar surface area (TPSA) is 114 Å². The third-order valence-electron chi connectivity index (χ3n) is 3.29. The molecule has 128 valence electrons. The first-order chi connectivity index (χ1) is 11.0. The SMILES string of the molecule is CCOC(CC(=O)OC1CCOC1=O)C(=O)OC1CCOC1=O. The fourth-order valence-electron chi connectivity index (χ4n) is 2.15. The number of hydrogen-bond acceptors (Lipinski definition) is 9. The molecular weight excluding hydrogens is 312 g/mol. The Morgan fingerprint density at radius 2 is 1.65 bits per heavy atom. The van der Waals surface area contributed by atoms with Gasteiger partial charge in [-0.05, 0) is 6.92 Å². The van der Waals surface area contributed by atoms with Crippen LogP contribution >= 0.6 is 0 Å². The normalized spacial score (nSPS) is 24.7. The van der Waals surface area contributed by atoms with Gasteiger partial charge in [0.15, 0.2) is 6.10 Å². The summed E-state index contributed by atoms with van der Waals surface area (Å²) in [6.07, 6.45) is -3.02. The van der Waals surface area contributed by atoms with Gasteiger partial charge in [-0.25, -0.2) is 14.4 Å². The van der Waals surface area contributed by atoms with Crippen LogP contribution in [0.4, 0.5) is 0 Å². The smallest absolute Gasteiger partial charge is 0.347 e. The van der Waals surface area contributed by atoms with Crippen LogP contribution in [0.1, 0.15) is 26.2 Å². The molecule has 0 aromatic carbocycles. The Morgan fingerprint density at radius 3 is 2.13 bits per heavy atom. The van der Waals surface area contributed by atoms with Crippen molar-refractivity contribution in [3.63, 3.8) is 0 Å². The fourth-order valence-corrected chi connectivity index (χ4v) is 2.15. The lowest BCUT2D eigenvalue weighted by Gasteiger charge is -2.17. The minimum Gasteiger partial charge on any atom is -0.463 e. The molecule has 0 aliphatic carbocycles. The van der Waals surface area contributed by atoms with Crippen LogP contribution in [0.5, 0.6) is 0 Å². The molecule has 0 amide bonds. The lowest BCUT2D eigenvalue weighted by atomic mass is 10.2. The van der Waals surface area contributed by atoms with E-state index in [0.717, 1.165) is 0 Å². The molecule has 0 N–H and O–H groups in total. The maximum Gasteiger partial charge on any atom is 0.347 e. The second-order valence-corrected chi connectivity index (χ2v) is 4.96. The van der Waals surface area contributed by atoms with Gasteiger partial charge >= 0.3 is 23.9 Å². The molecule has 0 bridgehead atoms. The highest BCUT2D eigenvalue weighted by Gasteiger charge is 2.36. The van der Waals surface area contributed by atoms with Crippen LogP contribution in [0.2, 0.25) is 0 Å². The molecule has 2 aliphatic rings. The zero-order valence-corrected chi connectivity index (χ0v) is 12.6. The lowest BCUT2D eigenvalue weighted by molar-refractivity contribution is -0.174. The van der Waals surface area contributed by atoms with Crippen molar-refractivity contribution >= 4 is 23.9 Å². The van der Waals surface area contributed by atoms with E-state index in [1.165, 1.54) is 0 Å². The van der Waals surface area contributed by atoms with Gasteiger partial charge in [-0.3, -0.25) is 4.79 Å². The number of ether oxygens (including phenoxy) is 5. The summed E-state index contributed by atoms with van der Waals surface area (Å²) in [4.78, 5) is 46.4. The van der Waals surface area contributed by atoms with E-state index in [1.54, 1.807) is 6.92 Å². The molecule has 2 rings (SSSR count). The number of carbonyl (C=O) groups is 4. The van der Waals surface area contributed by atoms with Crippen molar-refractivity contribution in [1.82, 2.24) is 0 Å². The van der Waals surface area contributed by atoms with Crippen molar-refractivity contribution in [3.05, 3.63) is 0 Å². The summed E-state index contributed by atoms with van der Waals surface area (Å²) in [5.74, 6) is -2.85. The largest absolute Gasteiger partial charge is 0.463 e. The molecule has 2 aliphatic heterocycles. The Labute approximate surface area is 132 Å². The zero-order chi connectivity index (χ0) is 16.8. The van der Waals surface area contributed by atoms with E-state index in [0.29, 0.717) is 0 Å². The van der Waals surface area contributed by atoms with Crippen molar-refractivity contribution in [2.75, 3.05) is 19.8 Å². The molecule has 2 saturated heterocycles. The van der Waals surface area contributed by atoms with Crippen LogP contribution in [0.25, 0.3) is 0 Å². The van der Waals surface area contributed by atoms with Gasteiger partial charge in [-0.1, -0.05) is 0 Å². The Balaban J connectivity index is 1.86. The van der Waals surface area contributed by atoms with Crippen molar-refractivity contribution in [1.29, 1.82) is 0 Å². The predicted molar refractivity (Wildman–Crippen MR) is 70.9 cm³/mol. The first-order valence-electron chi connectivity index (χ1n) is 7.36. The van der Waals surface area contributed by atoms with Crippen LogP contribution in [0.3, 0.4) is 0 Å². The van der Waals surface area contributed by atoms with Crippen LogP contribution < -0.4 is 0 Å². The number of esters is 4. The van der Waals surface area contributed by atoms with E-state index in [2.05, 4.69) is 9.47 Å². The maximum atomic E-state index is 12.0. The van der Waals surface area contributed by atoms with Crippen LogP contribution in [0.15, 0.2) is 0 Å². The number of rotatable bonds is 7. The molecule has 9 nitrogen and oxygen atoms in total. The highest BCUT2D eigenvalue weighted by atomic mass is 16.6. The lowest BCUT2D eigenvalue weighted by Crippen LogP contribution is -2.35. The van der Waals surface area contributed by atoms with E-state index in [1.807, 2.05) is 0 Å². The summed E-state index contributed by atoms with van der Waals surface area (Å²) in [6, 6.07) is 0. The standard InChI is InChI=1S/C14H18O9/c1-2-19-10(14(18)23-9-4-6-21-13(9)17)7-11(15)22-8-3-5-20-12(8)16/h8-10H,2-7H2,1H3. The maximum absolute atomic E-state index is 12.0. The van der Waals surface area contributed by atoms with E-state index in [9.17, 15) is 19.2 Å². The molecular formula is C14H18O9. The number of carbonyl (C=O) groups excluding carboxylic acids is 4. The minimum absolute atomic E-state index is 0.160. The fraction of sp³-hybridized carbons (Fsp3) is 0.714. The van der Waals surface area contributed by atoms with Gasteiger partial charge in [0, 0.05) is 19.4 Å². The molecule has 3 atom stereocenters. The predicted octanol–water partition coefficient (Wildman–Crippen LogP) is -0.501. The summed E-state index contributed by atoms with van der Waals surface area (Å²) in [7, 11) is 0. The van der Waals surface area contributed by atoms with Crippen molar-refractivity contribution in [2.45, 2.75) is 44.5 Å². The zero-order valence-electron chi connectivity index (χ0n) is 12.6. The van der Waals surface area contributed by atoms with Gasteiger partial charge in [-0.2, -0.15) is 0 Å². The van der Waals surface area contributed by atoms with Crippen LogP contribution in [0, 0.1) is 0 Å². The molecule has 0 spiro atoms. The van der Waals surface area contributed by atoms with E-state index >= 15 is 0 Å². The summed E-state index contributed by atoms with van der Waals surface area (Å²) in [6.45, 7) is 2.18. The highest BCUT2D eigenvalue weighted by molar-refractivity contribution is 5.86. The van der Waals surface area contributed by atoms with Crippen LogP contribution in [-0.4, -0.2) is 62.0 Å². The third kappa shape index (κ3) is 4.65. The highest BCUT2D eigenvalue weighted by Crippen LogP contribution is 2.15. The Morgan fingerprint density at radius 1 is 1.09 bits per heavy atom. The average Bonchev–Trinajstić information content (AvgIpc) is 3.08. The first kappa shape index (κ1) is 17.2. The van der Waals surface area contributed by atoms with Gasteiger partial charge in [0.2, 0.25) is 12.2 Å².